The molecule has 1 aliphatic heterocycles. The van der Waals surface area contributed by atoms with Gasteiger partial charge < -0.3 is 4.90 Å². The lowest BCUT2D eigenvalue weighted by Gasteiger charge is -2.22. The van der Waals surface area contributed by atoms with Gasteiger partial charge in [0.25, 0.3) is 0 Å². The van der Waals surface area contributed by atoms with Crippen molar-refractivity contribution in [2.75, 3.05) is 17.2 Å². The Balaban J connectivity index is 1.76. The van der Waals surface area contributed by atoms with Crippen LogP contribution in [0, 0.1) is 0 Å². The summed E-state index contributed by atoms with van der Waals surface area (Å²) in [5.74, 6) is 0.491. The summed E-state index contributed by atoms with van der Waals surface area (Å²) < 4.78 is 0. The van der Waals surface area contributed by atoms with Gasteiger partial charge in [-0.05, 0) is 18.6 Å². The van der Waals surface area contributed by atoms with E-state index in [1.54, 1.807) is 6.20 Å². The molecule has 1 aromatic heterocycles. The van der Waals surface area contributed by atoms with Crippen molar-refractivity contribution in [2.24, 2.45) is 0 Å². The van der Waals surface area contributed by atoms with E-state index in [9.17, 15) is 4.79 Å². The molecule has 0 fully saturated rings. The lowest BCUT2D eigenvalue weighted by Crippen LogP contribution is -2.33. The lowest BCUT2D eigenvalue weighted by molar-refractivity contribution is -0.116. The zero-order valence-corrected chi connectivity index (χ0v) is 13.3. The topological polar surface area (TPSA) is 61.9 Å². The molecule has 1 amide bonds. The molecular formula is C14H16N4OS2. The Labute approximate surface area is 131 Å². The molecule has 0 unspecified atom stereocenters. The monoisotopic (exact) mass is 320 g/mol. The third-order valence-corrected chi connectivity index (χ3v) is 5.40. The van der Waals surface area contributed by atoms with Gasteiger partial charge in [0.2, 0.25) is 5.91 Å². The normalized spacial score (nSPS) is 18.1. The van der Waals surface area contributed by atoms with Gasteiger partial charge in [-0.25, -0.2) is 0 Å². The van der Waals surface area contributed by atoms with Crippen molar-refractivity contribution in [3.8, 4) is 0 Å². The number of H-pyrrole nitrogens is 1. The van der Waals surface area contributed by atoms with Crippen LogP contribution in [-0.2, 0) is 4.79 Å². The van der Waals surface area contributed by atoms with Crippen LogP contribution in [0.2, 0.25) is 0 Å². The van der Waals surface area contributed by atoms with Crippen molar-refractivity contribution < 1.29 is 4.79 Å². The van der Waals surface area contributed by atoms with E-state index >= 15 is 0 Å². The highest BCUT2D eigenvalue weighted by atomic mass is 32.2. The number of hydrogen-bond donors (Lipinski definition) is 1. The zero-order valence-electron chi connectivity index (χ0n) is 11.7. The number of thioether (sulfide) groups is 2. The van der Waals surface area contributed by atoms with Gasteiger partial charge in [-0.3, -0.25) is 4.79 Å². The molecule has 0 bridgehead atoms. The van der Waals surface area contributed by atoms with Crippen LogP contribution in [0.4, 0.5) is 5.69 Å². The molecule has 1 aromatic carbocycles. The largest absolute Gasteiger partial charge is 0.311 e. The van der Waals surface area contributed by atoms with Crippen LogP contribution >= 0.6 is 23.5 Å². The second-order valence-electron chi connectivity index (χ2n) is 4.83. The van der Waals surface area contributed by atoms with Gasteiger partial charge in [0.1, 0.15) is 5.03 Å². The summed E-state index contributed by atoms with van der Waals surface area (Å²) in [7, 11) is 0. The Morgan fingerprint density at radius 2 is 2.38 bits per heavy atom. The van der Waals surface area contributed by atoms with Crippen molar-refractivity contribution in [1.82, 2.24) is 15.4 Å². The van der Waals surface area contributed by atoms with Crippen LogP contribution in [0.15, 0.2) is 40.4 Å². The third kappa shape index (κ3) is 3.41. The van der Waals surface area contributed by atoms with E-state index in [1.807, 2.05) is 34.9 Å². The van der Waals surface area contributed by atoms with E-state index in [0.717, 1.165) is 23.7 Å². The molecule has 0 aliphatic carbocycles. The minimum Gasteiger partial charge on any atom is -0.311 e. The highest BCUT2D eigenvalue weighted by Crippen LogP contribution is 2.37. The highest BCUT2D eigenvalue weighted by Gasteiger charge is 2.24. The number of nitrogens with one attached hydrogen (secondary N) is 1. The van der Waals surface area contributed by atoms with Crippen molar-refractivity contribution >= 4 is 35.1 Å². The Morgan fingerprint density at radius 3 is 3.19 bits per heavy atom. The Hall–Kier alpha value is -1.47. The fourth-order valence-corrected chi connectivity index (χ4v) is 3.99. The molecule has 0 saturated carbocycles. The Morgan fingerprint density at radius 1 is 1.52 bits per heavy atom. The summed E-state index contributed by atoms with van der Waals surface area (Å²) in [4.78, 5) is 15.6. The number of anilines is 1. The second kappa shape index (κ2) is 6.53. The van der Waals surface area contributed by atoms with Crippen LogP contribution in [0.5, 0.6) is 0 Å². The maximum Gasteiger partial charge on any atom is 0.237 e. The van der Waals surface area contributed by atoms with Gasteiger partial charge in [-0.1, -0.05) is 30.8 Å². The summed E-state index contributed by atoms with van der Waals surface area (Å²) >= 11 is 3.25. The van der Waals surface area contributed by atoms with E-state index in [4.69, 9.17) is 0 Å². The van der Waals surface area contributed by atoms with E-state index in [-0.39, 0.29) is 5.91 Å². The van der Waals surface area contributed by atoms with Crippen molar-refractivity contribution in [1.29, 1.82) is 0 Å². The molecule has 2 aromatic rings. The number of amides is 1. The summed E-state index contributed by atoms with van der Waals surface area (Å²) in [6.07, 6.45) is 2.63. The molecule has 3 rings (SSSR count). The molecule has 1 aliphatic rings. The van der Waals surface area contributed by atoms with Crippen LogP contribution in [0.3, 0.4) is 0 Å². The summed E-state index contributed by atoms with van der Waals surface area (Å²) in [5.41, 5.74) is 1.03. The Bertz CT molecular complexity index is 617. The van der Waals surface area contributed by atoms with Crippen molar-refractivity contribution in [3.05, 3.63) is 30.5 Å². The van der Waals surface area contributed by atoms with E-state index in [2.05, 4.69) is 28.4 Å². The maximum atomic E-state index is 12.6. The summed E-state index contributed by atoms with van der Waals surface area (Å²) in [6, 6.07) is 8.13. The molecular weight excluding hydrogens is 304 g/mol. The van der Waals surface area contributed by atoms with Crippen molar-refractivity contribution in [3.63, 3.8) is 0 Å². The van der Waals surface area contributed by atoms with Gasteiger partial charge in [0.15, 0.2) is 0 Å². The van der Waals surface area contributed by atoms with Gasteiger partial charge in [0.05, 0.1) is 17.6 Å². The first-order valence-corrected chi connectivity index (χ1v) is 8.65. The predicted molar refractivity (Wildman–Crippen MR) is 85.8 cm³/mol. The number of hydrogen-bond acceptors (Lipinski definition) is 5. The van der Waals surface area contributed by atoms with Gasteiger partial charge >= 0.3 is 0 Å². The number of fused-ring (bicyclic) bond motifs is 1. The molecule has 2 heterocycles. The number of aromatic nitrogens is 3. The smallest absolute Gasteiger partial charge is 0.237 e. The van der Waals surface area contributed by atoms with Crippen LogP contribution in [0.25, 0.3) is 0 Å². The number of para-hydroxylation sites is 1. The minimum absolute atomic E-state index is 0.116. The third-order valence-electron chi connectivity index (χ3n) is 3.28. The maximum absolute atomic E-state index is 12.6. The van der Waals surface area contributed by atoms with Gasteiger partial charge in [0, 0.05) is 16.7 Å². The number of carbonyl (C=O) groups excluding carboxylic acids is 1. The van der Waals surface area contributed by atoms with Gasteiger partial charge in [-0.2, -0.15) is 10.3 Å². The number of rotatable bonds is 3. The Kier molecular flexibility index (Phi) is 4.50. The standard InChI is InChI=1S/C14H16N4OS2/c1-10-6-7-18(11-4-2-3-5-12(11)21-10)14(19)9-20-13-8-15-17-16-13/h2-5,8,10H,6-7,9H2,1H3,(H,15,16,17)/t10-/m1/s1. The zero-order chi connectivity index (χ0) is 14.7. The quantitative estimate of drug-likeness (QED) is 0.881. The van der Waals surface area contributed by atoms with Gasteiger partial charge in [-0.15, -0.1) is 16.9 Å². The molecule has 1 N–H and O–H groups in total. The second-order valence-corrected chi connectivity index (χ2v) is 7.30. The van der Waals surface area contributed by atoms with E-state index in [1.165, 1.54) is 16.7 Å². The number of benzene rings is 1. The molecule has 110 valence electrons. The first-order valence-electron chi connectivity index (χ1n) is 6.78. The minimum atomic E-state index is 0.116. The van der Waals surface area contributed by atoms with Crippen LogP contribution in [-0.4, -0.2) is 38.9 Å². The average Bonchev–Trinajstić information content (AvgIpc) is 2.94. The van der Waals surface area contributed by atoms with Crippen LogP contribution in [0.1, 0.15) is 13.3 Å². The van der Waals surface area contributed by atoms with E-state index in [0.29, 0.717) is 11.0 Å². The number of aromatic amines is 1. The average molecular weight is 320 g/mol. The first-order chi connectivity index (χ1) is 10.2. The summed E-state index contributed by atoms with van der Waals surface area (Å²) in [5, 5.41) is 11.5. The lowest BCUT2D eigenvalue weighted by atomic mass is 10.2. The fraction of sp³-hybridized carbons (Fsp3) is 0.357. The number of carbonyl (C=O) groups is 1. The van der Waals surface area contributed by atoms with Crippen LogP contribution < -0.4 is 4.90 Å². The molecule has 1 atom stereocenters. The predicted octanol–water partition coefficient (Wildman–Crippen LogP) is 2.81. The van der Waals surface area contributed by atoms with Crippen molar-refractivity contribution in [2.45, 2.75) is 28.5 Å². The molecule has 5 nitrogen and oxygen atoms in total. The number of nitrogens with zero attached hydrogens (tertiary/aromatic N) is 3. The highest BCUT2D eigenvalue weighted by molar-refractivity contribution is 8.00. The molecule has 0 spiro atoms. The molecule has 21 heavy (non-hydrogen) atoms. The van der Waals surface area contributed by atoms with E-state index < -0.39 is 0 Å². The molecule has 0 radical (unpaired) electrons. The first kappa shape index (κ1) is 14.5. The SMILES string of the molecule is C[C@@H]1CCN(C(=O)CSc2cn[nH]n2)c2ccccc2S1. The molecule has 7 heteroatoms. The fourth-order valence-electron chi connectivity index (χ4n) is 2.22. The summed E-state index contributed by atoms with van der Waals surface area (Å²) in [6.45, 7) is 2.98. The molecule has 0 saturated heterocycles.